The van der Waals surface area contributed by atoms with Crippen LogP contribution < -0.4 is 5.46 Å². The fourth-order valence-electron chi connectivity index (χ4n) is 1.66. The molecule has 3 nitrogen and oxygen atoms in total. The van der Waals surface area contributed by atoms with E-state index in [0.717, 1.165) is 17.6 Å². The van der Waals surface area contributed by atoms with Gasteiger partial charge in [-0.25, -0.2) is 0 Å². The summed E-state index contributed by atoms with van der Waals surface area (Å²) in [5.41, 5.74) is 3.21. The van der Waals surface area contributed by atoms with E-state index in [1.807, 2.05) is 29.9 Å². The van der Waals surface area contributed by atoms with Gasteiger partial charge in [-0.3, -0.25) is 4.68 Å². The molecule has 0 aliphatic rings. The van der Waals surface area contributed by atoms with Crippen LogP contribution in [0.2, 0.25) is 0 Å². The van der Waals surface area contributed by atoms with Gasteiger partial charge in [-0.1, -0.05) is 30.3 Å². The van der Waals surface area contributed by atoms with Crippen LogP contribution in [0.1, 0.15) is 11.3 Å². The molecule has 0 unspecified atom stereocenters. The first-order valence-corrected chi connectivity index (χ1v) is 4.96. The molecule has 1 aromatic carbocycles. The van der Waals surface area contributed by atoms with Gasteiger partial charge in [0.15, 0.2) is 0 Å². The zero-order valence-corrected chi connectivity index (χ0v) is 8.72. The van der Waals surface area contributed by atoms with Gasteiger partial charge in [-0.2, -0.15) is 5.10 Å². The van der Waals surface area contributed by atoms with Crippen molar-refractivity contribution < 1.29 is 5.02 Å². The summed E-state index contributed by atoms with van der Waals surface area (Å²) >= 11 is 0. The van der Waals surface area contributed by atoms with Crippen molar-refractivity contribution in [2.45, 2.75) is 6.42 Å². The monoisotopic (exact) mass is 200 g/mol. The number of aryl methyl sites for hydroxylation is 1. The van der Waals surface area contributed by atoms with Crippen LogP contribution in [0.5, 0.6) is 0 Å². The van der Waals surface area contributed by atoms with Crippen molar-refractivity contribution in [2.75, 3.05) is 0 Å². The Balaban J connectivity index is 2.27. The summed E-state index contributed by atoms with van der Waals surface area (Å²) in [4.78, 5) is 0. The minimum atomic E-state index is 0.0516. The SMILES string of the molecule is Cn1ncc(BO)c1Cc1ccccc1. The summed E-state index contributed by atoms with van der Waals surface area (Å²) in [5, 5.41) is 13.3. The summed E-state index contributed by atoms with van der Waals surface area (Å²) in [7, 11) is 1.95. The van der Waals surface area contributed by atoms with Gasteiger partial charge in [0.1, 0.15) is 0 Å². The van der Waals surface area contributed by atoms with E-state index in [-0.39, 0.29) is 7.48 Å². The zero-order valence-electron chi connectivity index (χ0n) is 8.72. The molecule has 0 saturated carbocycles. The first-order valence-electron chi connectivity index (χ1n) is 4.96. The summed E-state index contributed by atoms with van der Waals surface area (Å²) in [5.74, 6) is 0. The molecule has 76 valence electrons. The molecule has 2 aromatic rings. The third-order valence-corrected chi connectivity index (χ3v) is 2.53. The highest BCUT2D eigenvalue weighted by Gasteiger charge is 2.08. The van der Waals surface area contributed by atoms with Gasteiger partial charge in [0.25, 0.3) is 0 Å². The topological polar surface area (TPSA) is 38.0 Å². The van der Waals surface area contributed by atoms with Crippen molar-refractivity contribution in [3.63, 3.8) is 0 Å². The second-order valence-corrected chi connectivity index (χ2v) is 3.56. The van der Waals surface area contributed by atoms with E-state index in [4.69, 9.17) is 5.02 Å². The second-order valence-electron chi connectivity index (χ2n) is 3.56. The van der Waals surface area contributed by atoms with Crippen LogP contribution in [0.25, 0.3) is 0 Å². The molecule has 2 rings (SSSR count). The van der Waals surface area contributed by atoms with Crippen molar-refractivity contribution in [2.24, 2.45) is 7.05 Å². The molecule has 0 fully saturated rings. The van der Waals surface area contributed by atoms with E-state index >= 15 is 0 Å². The highest BCUT2D eigenvalue weighted by atomic mass is 16.2. The molecule has 1 aromatic heterocycles. The maximum Gasteiger partial charge on any atom is 0.308 e. The molecule has 4 heteroatoms. The average molecular weight is 200 g/mol. The maximum atomic E-state index is 9.16. The second kappa shape index (κ2) is 4.32. The van der Waals surface area contributed by atoms with Crippen molar-refractivity contribution in [1.29, 1.82) is 0 Å². The Kier molecular flexibility index (Phi) is 2.88. The van der Waals surface area contributed by atoms with Crippen LogP contribution in [-0.2, 0) is 13.5 Å². The largest absolute Gasteiger partial charge is 0.449 e. The first kappa shape index (κ1) is 9.99. The quantitative estimate of drug-likeness (QED) is 0.707. The number of benzene rings is 1. The third-order valence-electron chi connectivity index (χ3n) is 2.53. The molecule has 0 saturated heterocycles. The lowest BCUT2D eigenvalue weighted by Crippen LogP contribution is -2.18. The predicted octanol–water partition coefficient (Wildman–Crippen LogP) is -0.0200. The van der Waals surface area contributed by atoms with Crippen LogP contribution in [0.15, 0.2) is 36.5 Å². The predicted molar refractivity (Wildman–Crippen MR) is 61.5 cm³/mol. The van der Waals surface area contributed by atoms with Gasteiger partial charge in [0, 0.05) is 25.4 Å². The summed E-state index contributed by atoms with van der Waals surface area (Å²) in [6.45, 7) is 0. The molecular formula is C11H13BN2O. The van der Waals surface area contributed by atoms with E-state index in [0.29, 0.717) is 0 Å². The Morgan fingerprint density at radius 2 is 2.07 bits per heavy atom. The Bertz CT molecular complexity index is 439. The van der Waals surface area contributed by atoms with E-state index in [1.54, 1.807) is 6.20 Å². The zero-order chi connectivity index (χ0) is 10.7. The number of hydrogen-bond acceptors (Lipinski definition) is 2. The standard InChI is InChI=1S/C11H13BN2O/c1-14-11(10(12-15)8-13-14)7-9-5-3-2-4-6-9/h2-6,8,12,15H,7H2,1H3. The van der Waals surface area contributed by atoms with E-state index in [9.17, 15) is 0 Å². The number of hydrogen-bond donors (Lipinski definition) is 1. The van der Waals surface area contributed by atoms with Gasteiger partial charge in [-0.05, 0) is 11.0 Å². The highest BCUT2D eigenvalue weighted by molar-refractivity contribution is 6.46. The van der Waals surface area contributed by atoms with Gasteiger partial charge in [0.05, 0.1) is 0 Å². The molecule has 0 radical (unpaired) electrons. The van der Waals surface area contributed by atoms with Crippen LogP contribution in [-0.4, -0.2) is 22.3 Å². The van der Waals surface area contributed by atoms with E-state index < -0.39 is 0 Å². The van der Waals surface area contributed by atoms with Gasteiger partial charge >= 0.3 is 7.48 Å². The molecular weight excluding hydrogens is 187 g/mol. The fraction of sp³-hybridized carbons (Fsp3) is 0.182. The van der Waals surface area contributed by atoms with Gasteiger partial charge in [0.2, 0.25) is 0 Å². The molecule has 0 aliphatic heterocycles. The molecule has 0 atom stereocenters. The number of nitrogens with zero attached hydrogens (tertiary/aromatic N) is 2. The fourth-order valence-corrected chi connectivity index (χ4v) is 1.66. The Labute approximate surface area is 89.6 Å². The minimum absolute atomic E-state index is 0.0516. The van der Waals surface area contributed by atoms with Crippen LogP contribution in [0.3, 0.4) is 0 Å². The Hall–Kier alpha value is -1.55. The molecule has 1 N–H and O–H groups in total. The highest BCUT2D eigenvalue weighted by Crippen LogP contribution is 2.05. The van der Waals surface area contributed by atoms with Gasteiger partial charge in [-0.15, -0.1) is 0 Å². The van der Waals surface area contributed by atoms with E-state index in [2.05, 4.69) is 17.2 Å². The van der Waals surface area contributed by atoms with Crippen LogP contribution >= 0.6 is 0 Å². The Morgan fingerprint density at radius 3 is 2.73 bits per heavy atom. The molecule has 0 spiro atoms. The van der Waals surface area contributed by atoms with Gasteiger partial charge < -0.3 is 5.02 Å². The smallest absolute Gasteiger partial charge is 0.308 e. The Morgan fingerprint density at radius 1 is 1.33 bits per heavy atom. The number of aromatic nitrogens is 2. The normalized spacial score (nSPS) is 10.3. The van der Waals surface area contributed by atoms with Crippen molar-refractivity contribution in [3.05, 3.63) is 47.8 Å². The third kappa shape index (κ3) is 2.10. The molecule has 0 amide bonds. The summed E-state index contributed by atoms with van der Waals surface area (Å²) in [6.07, 6.45) is 2.53. The molecule has 0 bridgehead atoms. The van der Waals surface area contributed by atoms with Crippen molar-refractivity contribution in [3.8, 4) is 0 Å². The maximum absolute atomic E-state index is 9.16. The first-order chi connectivity index (χ1) is 7.31. The van der Waals surface area contributed by atoms with Crippen LogP contribution in [0, 0.1) is 0 Å². The van der Waals surface area contributed by atoms with Crippen molar-refractivity contribution in [1.82, 2.24) is 9.78 Å². The minimum Gasteiger partial charge on any atom is -0.449 e. The average Bonchev–Trinajstić information content (AvgIpc) is 2.62. The number of rotatable bonds is 3. The van der Waals surface area contributed by atoms with Crippen LogP contribution in [0.4, 0.5) is 0 Å². The molecule has 15 heavy (non-hydrogen) atoms. The van der Waals surface area contributed by atoms with E-state index in [1.165, 1.54) is 5.56 Å². The lowest BCUT2D eigenvalue weighted by molar-refractivity contribution is 0.614. The molecule has 0 aliphatic carbocycles. The lowest BCUT2D eigenvalue weighted by Gasteiger charge is -2.04. The molecule has 1 heterocycles. The lowest BCUT2D eigenvalue weighted by atomic mass is 9.87. The van der Waals surface area contributed by atoms with Crippen molar-refractivity contribution >= 4 is 12.9 Å². The summed E-state index contributed by atoms with van der Waals surface area (Å²) in [6, 6.07) is 10.2. The summed E-state index contributed by atoms with van der Waals surface area (Å²) < 4.78 is 1.82.